The van der Waals surface area contributed by atoms with E-state index in [1.807, 2.05) is 44.4 Å². The van der Waals surface area contributed by atoms with E-state index < -0.39 is 29.4 Å². The lowest BCUT2D eigenvalue weighted by molar-refractivity contribution is -0.158. The molecule has 10 heteroatoms. The fraction of sp³-hybridized carbons (Fsp3) is 0.364. The molecular formula is C33H35ClFNO6S. The number of nitrogens with zero attached hydrogens (tertiary/aromatic N) is 1. The Balaban J connectivity index is 1.66. The Labute approximate surface area is 260 Å². The van der Waals surface area contributed by atoms with Gasteiger partial charge in [0, 0.05) is 40.4 Å². The first kappa shape index (κ1) is 32.4. The van der Waals surface area contributed by atoms with Crippen LogP contribution < -0.4 is 9.47 Å². The third-order valence-corrected chi connectivity index (χ3v) is 8.39. The van der Waals surface area contributed by atoms with E-state index in [2.05, 4.69) is 0 Å². The van der Waals surface area contributed by atoms with Gasteiger partial charge in [0.2, 0.25) is 0 Å². The highest BCUT2D eigenvalue weighted by Crippen LogP contribution is 2.39. The quantitative estimate of drug-likeness (QED) is 0.137. The highest BCUT2D eigenvalue weighted by molar-refractivity contribution is 7.98. The molecule has 0 saturated carbocycles. The molecule has 1 amide bonds. The number of ether oxygens (including phenoxy) is 3. The van der Waals surface area contributed by atoms with Gasteiger partial charge in [0.1, 0.15) is 5.75 Å². The maximum Gasteiger partial charge on any atom is 0.415 e. The largest absolute Gasteiger partial charge is 0.476 e. The van der Waals surface area contributed by atoms with Crippen LogP contribution in [0.4, 0.5) is 9.18 Å². The summed E-state index contributed by atoms with van der Waals surface area (Å²) in [4.78, 5) is 42.0. The molecule has 3 aromatic carbocycles. The Morgan fingerprint density at radius 3 is 2.26 bits per heavy atom. The average Bonchev–Trinajstić information content (AvgIpc) is 3.42. The van der Waals surface area contributed by atoms with Crippen LogP contribution >= 0.6 is 23.4 Å². The molecular weight excluding hydrogens is 593 g/mol. The van der Waals surface area contributed by atoms with Gasteiger partial charge in [-0.2, -0.15) is 0 Å². The molecule has 43 heavy (non-hydrogen) atoms. The number of carbonyl (C=O) groups is 3. The summed E-state index contributed by atoms with van der Waals surface area (Å²) in [5.41, 5.74) is 1.71. The SMILES string of the molecule is CCOC(=O)C(C)(C)Oc1c(C)cc(C2CN(C(=O)Oc3ccc(Cl)cc3F)C[C@H]2C(=O)c2ccc(SC)cc2)cc1C. The van der Waals surface area contributed by atoms with Gasteiger partial charge in [-0.1, -0.05) is 35.9 Å². The summed E-state index contributed by atoms with van der Waals surface area (Å²) in [6.07, 6.45) is 1.20. The zero-order valence-corrected chi connectivity index (χ0v) is 26.6. The Morgan fingerprint density at radius 1 is 1.02 bits per heavy atom. The van der Waals surface area contributed by atoms with E-state index in [1.54, 1.807) is 44.7 Å². The summed E-state index contributed by atoms with van der Waals surface area (Å²) < 4.78 is 31.1. The topological polar surface area (TPSA) is 82.1 Å². The van der Waals surface area contributed by atoms with Gasteiger partial charge in [0.15, 0.2) is 23.0 Å². The molecule has 1 aliphatic rings. The van der Waals surface area contributed by atoms with Crippen molar-refractivity contribution >= 4 is 41.2 Å². The zero-order chi connectivity index (χ0) is 31.5. The fourth-order valence-electron chi connectivity index (χ4n) is 5.20. The number of Topliss-reactive ketones (excluding diaryl/α,β-unsaturated/α-hetero) is 1. The first-order valence-electron chi connectivity index (χ1n) is 13.9. The highest BCUT2D eigenvalue weighted by atomic mass is 35.5. The first-order chi connectivity index (χ1) is 20.3. The van der Waals surface area contributed by atoms with Crippen molar-refractivity contribution in [3.05, 3.63) is 87.7 Å². The monoisotopic (exact) mass is 627 g/mol. The number of carbonyl (C=O) groups excluding carboxylic acids is 3. The van der Waals surface area contributed by atoms with Crippen LogP contribution in [0.1, 0.15) is 53.7 Å². The Morgan fingerprint density at radius 2 is 1.67 bits per heavy atom. The number of likely N-dealkylation sites (tertiary alicyclic amines) is 1. The lowest BCUT2D eigenvalue weighted by Gasteiger charge is -2.27. The predicted molar refractivity (Wildman–Crippen MR) is 165 cm³/mol. The zero-order valence-electron chi connectivity index (χ0n) is 25.0. The van der Waals surface area contributed by atoms with Crippen molar-refractivity contribution in [2.45, 2.75) is 51.0 Å². The number of halogens is 2. The van der Waals surface area contributed by atoms with Crippen molar-refractivity contribution in [3.63, 3.8) is 0 Å². The van der Waals surface area contributed by atoms with Crippen LogP contribution in [0.5, 0.6) is 11.5 Å². The second kappa shape index (κ2) is 13.4. The summed E-state index contributed by atoms with van der Waals surface area (Å²) in [6, 6.07) is 15.0. The molecule has 0 N–H and O–H groups in total. The van der Waals surface area contributed by atoms with Crippen LogP contribution in [0.25, 0.3) is 0 Å². The molecule has 0 bridgehead atoms. The van der Waals surface area contributed by atoms with E-state index in [1.165, 1.54) is 17.0 Å². The molecule has 3 aromatic rings. The van der Waals surface area contributed by atoms with Gasteiger partial charge in [-0.3, -0.25) is 4.79 Å². The number of ketones is 1. The lowest BCUT2D eigenvalue weighted by atomic mass is 9.82. The van der Waals surface area contributed by atoms with Crippen molar-refractivity contribution in [1.82, 2.24) is 4.90 Å². The van der Waals surface area contributed by atoms with E-state index in [0.29, 0.717) is 11.3 Å². The van der Waals surface area contributed by atoms with E-state index >= 15 is 0 Å². The van der Waals surface area contributed by atoms with Crippen LogP contribution in [0.2, 0.25) is 5.02 Å². The van der Waals surface area contributed by atoms with Crippen LogP contribution in [0, 0.1) is 25.6 Å². The second-order valence-corrected chi connectivity index (χ2v) is 12.3. The minimum atomic E-state index is -1.21. The molecule has 1 saturated heterocycles. The molecule has 228 valence electrons. The van der Waals surface area contributed by atoms with E-state index in [0.717, 1.165) is 27.7 Å². The van der Waals surface area contributed by atoms with E-state index in [4.69, 9.17) is 25.8 Å². The highest BCUT2D eigenvalue weighted by Gasteiger charge is 2.42. The van der Waals surface area contributed by atoms with Crippen molar-refractivity contribution in [3.8, 4) is 11.5 Å². The maximum atomic E-state index is 14.4. The van der Waals surface area contributed by atoms with Gasteiger partial charge in [-0.05, 0) is 87.9 Å². The molecule has 0 aliphatic carbocycles. The standard InChI is InChI=1S/C33H35ClFNO6S/c1-7-40-31(38)33(4,5)42-30-19(2)14-22(15-20(30)3)25-17-36(32(39)41-28-13-10-23(34)16-27(28)35)18-26(25)29(37)21-8-11-24(43-6)12-9-21/h8-16,25-26H,7,17-18H2,1-6H3/t25?,26-/m1/s1. The normalized spacial score (nSPS) is 16.6. The molecule has 0 spiro atoms. The number of thioether (sulfide) groups is 1. The molecule has 1 heterocycles. The van der Waals surface area contributed by atoms with Crippen LogP contribution in [0.15, 0.2) is 59.5 Å². The number of esters is 1. The Bertz CT molecular complexity index is 1500. The predicted octanol–water partition coefficient (Wildman–Crippen LogP) is 7.64. The molecule has 0 aromatic heterocycles. The molecule has 1 aliphatic heterocycles. The van der Waals surface area contributed by atoms with Crippen molar-refractivity contribution < 1.29 is 33.0 Å². The maximum absolute atomic E-state index is 14.4. The number of hydrogen-bond donors (Lipinski definition) is 0. The minimum absolute atomic E-state index is 0.0913. The smallest absolute Gasteiger partial charge is 0.415 e. The molecule has 2 atom stereocenters. The summed E-state index contributed by atoms with van der Waals surface area (Å²) in [5.74, 6) is -1.99. The van der Waals surface area contributed by atoms with Gasteiger partial charge in [-0.25, -0.2) is 14.0 Å². The third-order valence-electron chi connectivity index (χ3n) is 7.42. The fourth-order valence-corrected chi connectivity index (χ4v) is 5.77. The van der Waals surface area contributed by atoms with Gasteiger partial charge >= 0.3 is 12.1 Å². The number of aryl methyl sites for hydroxylation is 2. The van der Waals surface area contributed by atoms with Crippen molar-refractivity contribution in [2.24, 2.45) is 5.92 Å². The van der Waals surface area contributed by atoms with Crippen LogP contribution in [-0.4, -0.2) is 54.3 Å². The number of hydrogen-bond acceptors (Lipinski definition) is 7. The van der Waals surface area contributed by atoms with Crippen LogP contribution in [0.3, 0.4) is 0 Å². The summed E-state index contributed by atoms with van der Waals surface area (Å²) in [5, 5.41) is 0.181. The van der Waals surface area contributed by atoms with E-state index in [9.17, 15) is 18.8 Å². The molecule has 4 rings (SSSR count). The summed E-state index contributed by atoms with van der Waals surface area (Å²) >= 11 is 7.42. The first-order valence-corrected chi connectivity index (χ1v) is 15.5. The number of amides is 1. The number of rotatable bonds is 9. The molecule has 7 nitrogen and oxygen atoms in total. The van der Waals surface area contributed by atoms with Gasteiger partial charge < -0.3 is 19.1 Å². The second-order valence-electron chi connectivity index (χ2n) is 11.0. The van der Waals surface area contributed by atoms with Gasteiger partial charge in [0.05, 0.1) is 6.61 Å². The average molecular weight is 628 g/mol. The van der Waals surface area contributed by atoms with Gasteiger partial charge in [0.25, 0.3) is 0 Å². The van der Waals surface area contributed by atoms with E-state index in [-0.39, 0.29) is 42.2 Å². The van der Waals surface area contributed by atoms with Crippen LogP contribution in [-0.2, 0) is 9.53 Å². The minimum Gasteiger partial charge on any atom is -0.476 e. The summed E-state index contributed by atoms with van der Waals surface area (Å²) in [7, 11) is 0. The third kappa shape index (κ3) is 7.33. The van der Waals surface area contributed by atoms with Gasteiger partial charge in [-0.15, -0.1) is 11.8 Å². The number of benzene rings is 3. The molecule has 1 fully saturated rings. The van der Waals surface area contributed by atoms with Crippen molar-refractivity contribution in [1.29, 1.82) is 0 Å². The summed E-state index contributed by atoms with van der Waals surface area (Å²) in [6.45, 7) is 9.29. The molecule has 0 radical (unpaired) electrons. The Hall–Kier alpha value is -3.56. The molecule has 1 unspecified atom stereocenters. The lowest BCUT2D eigenvalue weighted by Crippen LogP contribution is -2.40. The van der Waals surface area contributed by atoms with Crippen molar-refractivity contribution in [2.75, 3.05) is 26.0 Å². The Kier molecular flexibility index (Phi) is 10.1.